The maximum absolute atomic E-state index is 9.50. The topological polar surface area (TPSA) is 121 Å². The average molecular weight is 186 g/mol. The van der Waals surface area contributed by atoms with E-state index in [1.807, 2.05) is 0 Å². The van der Waals surface area contributed by atoms with Crippen molar-refractivity contribution in [2.75, 3.05) is 12.3 Å². The molecule has 13 heavy (non-hydrogen) atoms. The van der Waals surface area contributed by atoms with E-state index in [9.17, 15) is 10.2 Å². The zero-order chi connectivity index (χ0) is 9.84. The normalized spacial score (nSPS) is 15.6. The molecule has 0 aromatic carbocycles. The van der Waals surface area contributed by atoms with Crippen molar-refractivity contribution in [1.29, 1.82) is 0 Å². The number of aromatic nitrogens is 2. The summed E-state index contributed by atoms with van der Waals surface area (Å²) in [4.78, 5) is 0. The van der Waals surface area contributed by atoms with Crippen molar-refractivity contribution in [3.8, 4) is 0 Å². The number of H-pyrrole nitrogens is 1. The van der Waals surface area contributed by atoms with Gasteiger partial charge >= 0.3 is 0 Å². The van der Waals surface area contributed by atoms with Gasteiger partial charge in [-0.1, -0.05) is 0 Å². The molecule has 0 aliphatic rings. The SMILES string of the molecule is NCCC(O)C(O)c1cc(N)n[nH]1. The smallest absolute Gasteiger partial charge is 0.145 e. The van der Waals surface area contributed by atoms with E-state index >= 15 is 0 Å². The molecule has 0 fully saturated rings. The summed E-state index contributed by atoms with van der Waals surface area (Å²) in [7, 11) is 0. The quantitative estimate of drug-likeness (QED) is 0.401. The summed E-state index contributed by atoms with van der Waals surface area (Å²) in [5, 5.41) is 25.0. The third-order valence-electron chi connectivity index (χ3n) is 1.76. The zero-order valence-corrected chi connectivity index (χ0v) is 7.14. The lowest BCUT2D eigenvalue weighted by Crippen LogP contribution is -2.22. The molecule has 2 unspecified atom stereocenters. The molecular weight excluding hydrogens is 172 g/mol. The van der Waals surface area contributed by atoms with Crippen molar-refractivity contribution in [3.63, 3.8) is 0 Å². The number of anilines is 1. The van der Waals surface area contributed by atoms with Crippen molar-refractivity contribution in [2.45, 2.75) is 18.6 Å². The molecule has 6 nitrogen and oxygen atoms in total. The summed E-state index contributed by atoms with van der Waals surface area (Å²) in [5.74, 6) is 0.286. The lowest BCUT2D eigenvalue weighted by atomic mass is 10.1. The average Bonchev–Trinajstić information content (AvgIpc) is 2.51. The fourth-order valence-corrected chi connectivity index (χ4v) is 1.04. The Kier molecular flexibility index (Phi) is 3.24. The summed E-state index contributed by atoms with van der Waals surface area (Å²) in [6, 6.07) is 1.48. The minimum atomic E-state index is -1.01. The second kappa shape index (κ2) is 4.22. The van der Waals surface area contributed by atoms with Crippen LogP contribution in [0.15, 0.2) is 6.07 Å². The van der Waals surface area contributed by atoms with Crippen LogP contribution >= 0.6 is 0 Å². The molecule has 74 valence electrons. The molecular formula is C7H14N4O2. The van der Waals surface area contributed by atoms with Gasteiger partial charge in [-0.15, -0.1) is 0 Å². The highest BCUT2D eigenvalue weighted by atomic mass is 16.3. The second-order valence-corrected chi connectivity index (χ2v) is 2.84. The Balaban J connectivity index is 2.61. The van der Waals surface area contributed by atoms with Crippen molar-refractivity contribution in [3.05, 3.63) is 11.8 Å². The number of aliphatic hydroxyl groups excluding tert-OH is 2. The Morgan fingerprint density at radius 3 is 2.69 bits per heavy atom. The molecule has 7 N–H and O–H groups in total. The number of aromatic amines is 1. The van der Waals surface area contributed by atoms with E-state index in [1.54, 1.807) is 0 Å². The van der Waals surface area contributed by atoms with E-state index < -0.39 is 12.2 Å². The fourth-order valence-electron chi connectivity index (χ4n) is 1.04. The summed E-state index contributed by atoms with van der Waals surface area (Å²) in [6.07, 6.45) is -1.56. The standard InChI is InChI=1S/C7H14N4O2/c8-2-1-5(12)7(13)4-3-6(9)11-10-4/h3,5,7,12-13H,1-2,8H2,(H3,9,10,11). The number of hydrogen-bond donors (Lipinski definition) is 5. The lowest BCUT2D eigenvalue weighted by molar-refractivity contribution is 0.0125. The van der Waals surface area contributed by atoms with Gasteiger partial charge in [0.25, 0.3) is 0 Å². The molecule has 0 radical (unpaired) electrons. The largest absolute Gasteiger partial charge is 0.390 e. The summed E-state index contributed by atoms with van der Waals surface area (Å²) >= 11 is 0. The maximum Gasteiger partial charge on any atom is 0.145 e. The van der Waals surface area contributed by atoms with Gasteiger partial charge in [-0.25, -0.2) is 0 Å². The molecule has 0 bridgehead atoms. The predicted octanol–water partition coefficient (Wildman–Crippen LogP) is -1.26. The van der Waals surface area contributed by atoms with Crippen molar-refractivity contribution < 1.29 is 10.2 Å². The number of nitrogen functional groups attached to an aromatic ring is 1. The summed E-state index contributed by atoms with van der Waals surface area (Å²) < 4.78 is 0. The Morgan fingerprint density at radius 2 is 2.23 bits per heavy atom. The van der Waals surface area contributed by atoms with E-state index in [4.69, 9.17) is 11.5 Å². The first-order chi connectivity index (χ1) is 6.15. The van der Waals surface area contributed by atoms with E-state index in [0.717, 1.165) is 0 Å². The molecule has 1 heterocycles. The number of hydrogen-bond acceptors (Lipinski definition) is 5. The molecule has 1 rings (SSSR count). The van der Waals surface area contributed by atoms with Gasteiger partial charge in [0, 0.05) is 6.07 Å². The van der Waals surface area contributed by atoms with Gasteiger partial charge < -0.3 is 21.7 Å². The monoisotopic (exact) mass is 186 g/mol. The first kappa shape index (κ1) is 9.97. The predicted molar refractivity (Wildman–Crippen MR) is 47.6 cm³/mol. The first-order valence-corrected chi connectivity index (χ1v) is 4.02. The van der Waals surface area contributed by atoms with Gasteiger partial charge in [0.15, 0.2) is 0 Å². The van der Waals surface area contributed by atoms with Crippen LogP contribution in [0, 0.1) is 0 Å². The van der Waals surface area contributed by atoms with Crippen LogP contribution in [-0.2, 0) is 0 Å². The Bertz CT molecular complexity index is 263. The number of nitrogens with zero attached hydrogens (tertiary/aromatic N) is 1. The minimum Gasteiger partial charge on any atom is -0.390 e. The first-order valence-electron chi connectivity index (χ1n) is 4.02. The van der Waals surface area contributed by atoms with Gasteiger partial charge in [-0.05, 0) is 13.0 Å². The lowest BCUT2D eigenvalue weighted by Gasteiger charge is -2.14. The minimum absolute atomic E-state index is 0.286. The van der Waals surface area contributed by atoms with Crippen LogP contribution in [0.4, 0.5) is 5.82 Å². The summed E-state index contributed by atoms with van der Waals surface area (Å²) in [5.41, 5.74) is 11.0. The van der Waals surface area contributed by atoms with Gasteiger partial charge in [0.2, 0.25) is 0 Å². The maximum atomic E-state index is 9.50. The molecule has 2 atom stereocenters. The van der Waals surface area contributed by atoms with Crippen LogP contribution in [0.1, 0.15) is 18.2 Å². The molecule has 0 aliphatic heterocycles. The van der Waals surface area contributed by atoms with Crippen LogP contribution in [0.25, 0.3) is 0 Å². The number of rotatable bonds is 4. The molecule has 0 spiro atoms. The van der Waals surface area contributed by atoms with Crippen LogP contribution in [0.3, 0.4) is 0 Å². The van der Waals surface area contributed by atoms with Crippen LogP contribution in [-0.4, -0.2) is 33.1 Å². The third-order valence-corrected chi connectivity index (χ3v) is 1.76. The molecule has 1 aromatic rings. The third kappa shape index (κ3) is 2.41. The molecule has 0 saturated carbocycles. The zero-order valence-electron chi connectivity index (χ0n) is 7.14. The number of nitrogens with one attached hydrogen (secondary N) is 1. The molecule has 1 aromatic heterocycles. The summed E-state index contributed by atoms with van der Waals surface area (Å²) in [6.45, 7) is 0.321. The molecule has 6 heteroatoms. The second-order valence-electron chi connectivity index (χ2n) is 2.84. The number of aliphatic hydroxyl groups is 2. The highest BCUT2D eigenvalue weighted by molar-refractivity contribution is 5.29. The van der Waals surface area contributed by atoms with Crippen LogP contribution in [0.5, 0.6) is 0 Å². The van der Waals surface area contributed by atoms with E-state index in [0.29, 0.717) is 18.7 Å². The van der Waals surface area contributed by atoms with Gasteiger partial charge in [0.1, 0.15) is 11.9 Å². The van der Waals surface area contributed by atoms with Crippen LogP contribution in [0.2, 0.25) is 0 Å². The Labute approximate surface area is 75.6 Å². The van der Waals surface area contributed by atoms with Gasteiger partial charge in [-0.2, -0.15) is 5.10 Å². The number of nitrogens with two attached hydrogens (primary N) is 2. The molecule has 0 saturated heterocycles. The molecule has 0 amide bonds. The van der Waals surface area contributed by atoms with Crippen molar-refractivity contribution in [1.82, 2.24) is 10.2 Å². The van der Waals surface area contributed by atoms with E-state index in [-0.39, 0.29) is 5.82 Å². The van der Waals surface area contributed by atoms with Gasteiger partial charge in [0.05, 0.1) is 11.8 Å². The van der Waals surface area contributed by atoms with Gasteiger partial charge in [-0.3, -0.25) is 5.10 Å². The Morgan fingerprint density at radius 1 is 1.54 bits per heavy atom. The van der Waals surface area contributed by atoms with Crippen molar-refractivity contribution in [2.24, 2.45) is 5.73 Å². The van der Waals surface area contributed by atoms with E-state index in [2.05, 4.69) is 10.2 Å². The van der Waals surface area contributed by atoms with Crippen LogP contribution < -0.4 is 11.5 Å². The van der Waals surface area contributed by atoms with E-state index in [1.165, 1.54) is 6.07 Å². The highest BCUT2D eigenvalue weighted by Gasteiger charge is 2.19. The van der Waals surface area contributed by atoms with Crippen molar-refractivity contribution >= 4 is 5.82 Å². The molecule has 0 aliphatic carbocycles. The highest BCUT2D eigenvalue weighted by Crippen LogP contribution is 2.17. The Hall–Kier alpha value is -1.11. The fraction of sp³-hybridized carbons (Fsp3) is 0.571.